The first kappa shape index (κ1) is 13.0. The Bertz CT molecular complexity index is 366. The number of hydrogen-bond acceptors (Lipinski definition) is 1. The Morgan fingerprint density at radius 3 is 2.44 bits per heavy atom. The normalized spacial score (nSPS) is 12.2. The molecule has 0 aliphatic rings. The molecule has 88 valence electrons. The molecule has 0 fully saturated rings. The summed E-state index contributed by atoms with van der Waals surface area (Å²) in [7, 11) is 0. The van der Waals surface area contributed by atoms with Gasteiger partial charge in [-0.1, -0.05) is 18.2 Å². The van der Waals surface area contributed by atoms with Crippen molar-refractivity contribution in [2.24, 2.45) is 0 Å². The van der Waals surface area contributed by atoms with Crippen LogP contribution in [0, 0.1) is 5.82 Å². The number of halogens is 2. The van der Waals surface area contributed by atoms with E-state index in [1.165, 1.54) is 12.1 Å². The van der Waals surface area contributed by atoms with Gasteiger partial charge in [0, 0.05) is 18.7 Å². The van der Waals surface area contributed by atoms with Crippen LogP contribution in [-0.4, -0.2) is 23.9 Å². The van der Waals surface area contributed by atoms with Gasteiger partial charge in [0.2, 0.25) is 5.91 Å². The van der Waals surface area contributed by atoms with Crippen LogP contribution in [0.1, 0.15) is 24.8 Å². The summed E-state index contributed by atoms with van der Waals surface area (Å²) in [6, 6.07) is 6.09. The fourth-order valence-electron chi connectivity index (χ4n) is 1.51. The van der Waals surface area contributed by atoms with E-state index in [-0.39, 0.29) is 11.5 Å². The summed E-state index contributed by atoms with van der Waals surface area (Å²) < 4.78 is 13.4. The average molecular weight is 244 g/mol. The molecule has 0 radical (unpaired) electrons. The summed E-state index contributed by atoms with van der Waals surface area (Å²) in [5, 5.41) is -0.943. The van der Waals surface area contributed by atoms with Crippen molar-refractivity contribution in [3.63, 3.8) is 0 Å². The number of rotatable bonds is 4. The van der Waals surface area contributed by atoms with Crippen molar-refractivity contribution in [2.45, 2.75) is 19.2 Å². The van der Waals surface area contributed by atoms with Crippen molar-refractivity contribution in [1.29, 1.82) is 0 Å². The SMILES string of the molecule is CCN(CC)C(=O)C(Cl)c1ccccc1F. The van der Waals surface area contributed by atoms with E-state index >= 15 is 0 Å². The monoisotopic (exact) mass is 243 g/mol. The summed E-state index contributed by atoms with van der Waals surface area (Å²) in [6.45, 7) is 4.89. The maximum Gasteiger partial charge on any atom is 0.245 e. The van der Waals surface area contributed by atoms with Crippen molar-refractivity contribution in [3.05, 3.63) is 35.6 Å². The van der Waals surface area contributed by atoms with Gasteiger partial charge in [0.05, 0.1) is 0 Å². The largest absolute Gasteiger partial charge is 0.342 e. The van der Waals surface area contributed by atoms with Gasteiger partial charge in [0.15, 0.2) is 0 Å². The average Bonchev–Trinajstić information content (AvgIpc) is 2.30. The van der Waals surface area contributed by atoms with Crippen LogP contribution in [0.3, 0.4) is 0 Å². The van der Waals surface area contributed by atoms with Crippen molar-refractivity contribution < 1.29 is 9.18 Å². The minimum Gasteiger partial charge on any atom is -0.342 e. The highest BCUT2D eigenvalue weighted by atomic mass is 35.5. The molecule has 0 aliphatic carbocycles. The highest BCUT2D eigenvalue weighted by Gasteiger charge is 2.24. The molecule has 0 aromatic heterocycles. The van der Waals surface area contributed by atoms with Gasteiger partial charge in [0.1, 0.15) is 11.2 Å². The van der Waals surface area contributed by atoms with Crippen molar-refractivity contribution in [1.82, 2.24) is 4.90 Å². The highest BCUT2D eigenvalue weighted by molar-refractivity contribution is 6.30. The van der Waals surface area contributed by atoms with Crippen molar-refractivity contribution in [2.75, 3.05) is 13.1 Å². The van der Waals surface area contributed by atoms with Gasteiger partial charge in [-0.05, 0) is 19.9 Å². The smallest absolute Gasteiger partial charge is 0.245 e. The second kappa shape index (κ2) is 5.85. The Hall–Kier alpha value is -1.09. The van der Waals surface area contributed by atoms with Crippen LogP contribution in [-0.2, 0) is 4.79 Å². The standard InChI is InChI=1S/C12H15ClFNO/c1-3-15(4-2)12(16)11(13)9-7-5-6-8-10(9)14/h5-8,11H,3-4H2,1-2H3. The van der Waals surface area contributed by atoms with Crippen LogP contribution in [0.25, 0.3) is 0 Å². The number of benzene rings is 1. The van der Waals surface area contributed by atoms with Crippen LogP contribution in [0.2, 0.25) is 0 Å². The molecular weight excluding hydrogens is 229 g/mol. The molecule has 0 saturated carbocycles. The van der Waals surface area contributed by atoms with Crippen molar-refractivity contribution >= 4 is 17.5 Å². The Labute approximate surface area is 100 Å². The van der Waals surface area contributed by atoms with Gasteiger partial charge >= 0.3 is 0 Å². The summed E-state index contributed by atoms with van der Waals surface area (Å²) >= 11 is 5.98. The zero-order chi connectivity index (χ0) is 12.1. The lowest BCUT2D eigenvalue weighted by molar-refractivity contribution is -0.130. The molecule has 0 bridgehead atoms. The van der Waals surface area contributed by atoms with E-state index in [0.717, 1.165) is 0 Å². The van der Waals surface area contributed by atoms with Crippen LogP contribution in [0.15, 0.2) is 24.3 Å². The van der Waals surface area contributed by atoms with E-state index in [0.29, 0.717) is 13.1 Å². The Kier molecular flexibility index (Phi) is 4.74. The molecule has 1 amide bonds. The van der Waals surface area contributed by atoms with Gasteiger partial charge in [0.25, 0.3) is 0 Å². The first-order chi connectivity index (χ1) is 7.61. The minimum absolute atomic E-state index is 0.237. The summed E-state index contributed by atoms with van der Waals surface area (Å²) in [4.78, 5) is 13.5. The Balaban J connectivity index is 2.90. The molecular formula is C12H15ClFNO. The molecule has 4 heteroatoms. The van der Waals surface area contributed by atoms with Gasteiger partial charge < -0.3 is 4.90 Å². The number of hydrogen-bond donors (Lipinski definition) is 0. The number of carbonyl (C=O) groups excluding carboxylic acids is 1. The predicted octanol–water partition coefficient (Wildman–Crippen LogP) is 2.97. The molecule has 0 saturated heterocycles. The lowest BCUT2D eigenvalue weighted by atomic mass is 10.1. The molecule has 1 atom stereocenters. The van der Waals surface area contributed by atoms with E-state index in [2.05, 4.69) is 0 Å². The number of nitrogens with zero attached hydrogens (tertiary/aromatic N) is 1. The quantitative estimate of drug-likeness (QED) is 0.745. The summed E-state index contributed by atoms with van der Waals surface area (Å²) in [5.74, 6) is -0.695. The third-order valence-corrected chi connectivity index (χ3v) is 2.89. The zero-order valence-corrected chi connectivity index (χ0v) is 10.2. The molecule has 2 nitrogen and oxygen atoms in total. The molecule has 16 heavy (non-hydrogen) atoms. The number of alkyl halides is 1. The molecule has 0 N–H and O–H groups in total. The molecule has 1 aromatic rings. The van der Waals surface area contributed by atoms with Crippen LogP contribution in [0.5, 0.6) is 0 Å². The lowest BCUT2D eigenvalue weighted by Crippen LogP contribution is -2.33. The predicted molar refractivity (Wildman–Crippen MR) is 62.9 cm³/mol. The third kappa shape index (κ3) is 2.73. The topological polar surface area (TPSA) is 20.3 Å². The van der Waals surface area contributed by atoms with Crippen LogP contribution < -0.4 is 0 Å². The maximum absolute atomic E-state index is 13.4. The molecule has 0 spiro atoms. The first-order valence-corrected chi connectivity index (χ1v) is 5.72. The minimum atomic E-state index is -0.943. The van der Waals surface area contributed by atoms with Gasteiger partial charge in [-0.25, -0.2) is 4.39 Å². The molecule has 0 aliphatic heterocycles. The lowest BCUT2D eigenvalue weighted by Gasteiger charge is -2.22. The number of likely N-dealkylation sites (N-methyl/N-ethyl adjacent to an activating group) is 1. The van der Waals surface area contributed by atoms with E-state index in [1.807, 2.05) is 13.8 Å². The summed E-state index contributed by atoms with van der Waals surface area (Å²) in [6.07, 6.45) is 0. The fourth-order valence-corrected chi connectivity index (χ4v) is 1.82. The number of amides is 1. The number of carbonyl (C=O) groups is 1. The van der Waals surface area contributed by atoms with Crippen LogP contribution >= 0.6 is 11.6 Å². The molecule has 1 unspecified atom stereocenters. The van der Waals surface area contributed by atoms with Crippen LogP contribution in [0.4, 0.5) is 4.39 Å². The third-order valence-electron chi connectivity index (χ3n) is 2.47. The highest BCUT2D eigenvalue weighted by Crippen LogP contribution is 2.25. The summed E-state index contributed by atoms with van der Waals surface area (Å²) in [5.41, 5.74) is 0.237. The first-order valence-electron chi connectivity index (χ1n) is 5.29. The Morgan fingerprint density at radius 1 is 1.38 bits per heavy atom. The molecule has 0 heterocycles. The van der Waals surface area contributed by atoms with Gasteiger partial charge in [-0.15, -0.1) is 11.6 Å². The Morgan fingerprint density at radius 2 is 1.94 bits per heavy atom. The van der Waals surface area contributed by atoms with Gasteiger partial charge in [-0.3, -0.25) is 4.79 Å². The fraction of sp³-hybridized carbons (Fsp3) is 0.417. The van der Waals surface area contributed by atoms with Crippen molar-refractivity contribution in [3.8, 4) is 0 Å². The molecule has 1 rings (SSSR count). The van der Waals surface area contributed by atoms with E-state index in [9.17, 15) is 9.18 Å². The van der Waals surface area contributed by atoms with E-state index in [4.69, 9.17) is 11.6 Å². The second-order valence-corrected chi connectivity index (χ2v) is 3.83. The molecule has 1 aromatic carbocycles. The van der Waals surface area contributed by atoms with E-state index in [1.54, 1.807) is 17.0 Å². The maximum atomic E-state index is 13.4. The van der Waals surface area contributed by atoms with E-state index < -0.39 is 11.2 Å². The van der Waals surface area contributed by atoms with Gasteiger partial charge in [-0.2, -0.15) is 0 Å². The zero-order valence-electron chi connectivity index (χ0n) is 9.41. The second-order valence-electron chi connectivity index (χ2n) is 3.39.